The van der Waals surface area contributed by atoms with E-state index in [1.807, 2.05) is 12.1 Å². The van der Waals surface area contributed by atoms with Crippen LogP contribution in [0.5, 0.6) is 11.5 Å². The van der Waals surface area contributed by atoms with Gasteiger partial charge in [-0.3, -0.25) is 0 Å². The maximum absolute atomic E-state index is 9.10. The lowest BCUT2D eigenvalue weighted by Gasteiger charge is -2.34. The lowest BCUT2D eigenvalue weighted by Crippen LogP contribution is -2.28. The summed E-state index contributed by atoms with van der Waals surface area (Å²) in [6.45, 7) is 3.11. The van der Waals surface area contributed by atoms with Gasteiger partial charge in [0.05, 0.1) is 18.6 Å². The minimum Gasteiger partial charge on any atom is -0.494 e. The molecule has 0 atom stereocenters. The van der Waals surface area contributed by atoms with Crippen LogP contribution in [-0.2, 0) is 5.41 Å². The second-order valence-corrected chi connectivity index (χ2v) is 8.31. The summed E-state index contributed by atoms with van der Waals surface area (Å²) in [7, 11) is 0. The SMILES string of the molecule is CCCOc1ccc(C2(c3ccc(OCCO)cc3)c3ccccc3-c3ccccc32)cc1. The van der Waals surface area contributed by atoms with Crippen molar-refractivity contribution in [2.75, 3.05) is 19.8 Å². The van der Waals surface area contributed by atoms with Crippen LogP contribution in [0.1, 0.15) is 35.6 Å². The summed E-state index contributed by atoms with van der Waals surface area (Å²) in [4.78, 5) is 0. The molecule has 0 aromatic heterocycles. The van der Waals surface area contributed by atoms with Crippen molar-refractivity contribution in [2.24, 2.45) is 0 Å². The molecule has 0 spiro atoms. The van der Waals surface area contributed by atoms with Crippen molar-refractivity contribution in [1.82, 2.24) is 0 Å². The van der Waals surface area contributed by atoms with Crippen LogP contribution >= 0.6 is 0 Å². The van der Waals surface area contributed by atoms with E-state index in [-0.39, 0.29) is 13.2 Å². The molecule has 1 N–H and O–H groups in total. The average Bonchev–Trinajstić information content (AvgIpc) is 3.18. The van der Waals surface area contributed by atoms with Gasteiger partial charge in [-0.1, -0.05) is 79.7 Å². The predicted molar refractivity (Wildman–Crippen MR) is 132 cm³/mol. The first kappa shape index (κ1) is 21.3. The first-order valence-corrected chi connectivity index (χ1v) is 11.6. The standard InChI is InChI=1S/C30H28O3/c1-2-20-32-24-15-11-22(12-16-24)30(23-13-17-25(18-14-23)33-21-19-31)28-9-5-3-7-26(28)27-8-4-6-10-29(27)30/h3-18,31H,2,19-21H2,1H3. The molecule has 0 bridgehead atoms. The van der Waals surface area contributed by atoms with Crippen LogP contribution in [0.15, 0.2) is 97.1 Å². The molecule has 0 aliphatic heterocycles. The van der Waals surface area contributed by atoms with Crippen molar-refractivity contribution >= 4 is 0 Å². The van der Waals surface area contributed by atoms with Gasteiger partial charge >= 0.3 is 0 Å². The first-order chi connectivity index (χ1) is 16.3. The molecule has 1 aliphatic rings. The molecule has 5 rings (SSSR count). The number of rotatable bonds is 8. The highest BCUT2D eigenvalue weighted by molar-refractivity contribution is 5.86. The van der Waals surface area contributed by atoms with E-state index in [4.69, 9.17) is 14.6 Å². The summed E-state index contributed by atoms with van der Waals surface area (Å²) in [6, 6.07) is 34.2. The number of benzene rings is 4. The third-order valence-corrected chi connectivity index (χ3v) is 6.36. The van der Waals surface area contributed by atoms with Gasteiger partial charge in [0, 0.05) is 0 Å². The van der Waals surface area contributed by atoms with Gasteiger partial charge in [-0.15, -0.1) is 0 Å². The number of hydrogen-bond acceptors (Lipinski definition) is 3. The minimum atomic E-state index is -0.439. The summed E-state index contributed by atoms with van der Waals surface area (Å²) < 4.78 is 11.5. The van der Waals surface area contributed by atoms with Crippen LogP contribution in [0.25, 0.3) is 11.1 Å². The number of ether oxygens (including phenoxy) is 2. The van der Waals surface area contributed by atoms with Gasteiger partial charge in [-0.25, -0.2) is 0 Å². The highest BCUT2D eigenvalue weighted by Gasteiger charge is 2.45. The van der Waals surface area contributed by atoms with Gasteiger partial charge in [-0.05, 0) is 64.1 Å². The van der Waals surface area contributed by atoms with Crippen molar-refractivity contribution in [3.05, 3.63) is 119 Å². The third kappa shape index (κ3) is 3.59. The van der Waals surface area contributed by atoms with Crippen molar-refractivity contribution in [1.29, 1.82) is 0 Å². The second kappa shape index (κ2) is 9.13. The highest BCUT2D eigenvalue weighted by atomic mass is 16.5. The molecular formula is C30H28O3. The number of aliphatic hydroxyl groups excluding tert-OH is 1. The lowest BCUT2D eigenvalue weighted by molar-refractivity contribution is 0.201. The van der Waals surface area contributed by atoms with E-state index in [1.165, 1.54) is 33.4 Å². The molecule has 33 heavy (non-hydrogen) atoms. The van der Waals surface area contributed by atoms with E-state index in [0.29, 0.717) is 6.61 Å². The second-order valence-electron chi connectivity index (χ2n) is 8.31. The zero-order chi connectivity index (χ0) is 22.7. The van der Waals surface area contributed by atoms with E-state index in [1.54, 1.807) is 0 Å². The fourth-order valence-electron chi connectivity index (χ4n) is 5.01. The molecular weight excluding hydrogens is 408 g/mol. The summed E-state index contributed by atoms with van der Waals surface area (Å²) >= 11 is 0. The van der Waals surface area contributed by atoms with E-state index in [2.05, 4.69) is 91.9 Å². The van der Waals surface area contributed by atoms with Gasteiger partial charge in [0.2, 0.25) is 0 Å². The Bertz CT molecular complexity index is 1130. The van der Waals surface area contributed by atoms with Crippen LogP contribution in [0.2, 0.25) is 0 Å². The van der Waals surface area contributed by atoms with Crippen LogP contribution < -0.4 is 9.47 Å². The molecule has 4 aromatic rings. The zero-order valence-electron chi connectivity index (χ0n) is 18.8. The van der Waals surface area contributed by atoms with Crippen molar-refractivity contribution in [2.45, 2.75) is 18.8 Å². The smallest absolute Gasteiger partial charge is 0.119 e. The van der Waals surface area contributed by atoms with Crippen molar-refractivity contribution < 1.29 is 14.6 Å². The Labute approximate surface area is 195 Å². The fourth-order valence-corrected chi connectivity index (χ4v) is 5.01. The molecule has 3 nitrogen and oxygen atoms in total. The maximum atomic E-state index is 9.10. The Kier molecular flexibility index (Phi) is 5.89. The summed E-state index contributed by atoms with van der Waals surface area (Å²) in [5.74, 6) is 1.65. The van der Waals surface area contributed by atoms with E-state index < -0.39 is 5.41 Å². The molecule has 0 radical (unpaired) electrons. The number of fused-ring (bicyclic) bond motifs is 3. The molecule has 0 saturated carbocycles. The largest absolute Gasteiger partial charge is 0.494 e. The van der Waals surface area contributed by atoms with Crippen LogP contribution in [-0.4, -0.2) is 24.9 Å². The lowest BCUT2D eigenvalue weighted by atomic mass is 9.68. The Morgan fingerprint density at radius 1 is 0.606 bits per heavy atom. The normalized spacial score (nSPS) is 13.3. The van der Waals surface area contributed by atoms with Crippen molar-refractivity contribution in [3.8, 4) is 22.6 Å². The first-order valence-electron chi connectivity index (χ1n) is 11.6. The molecule has 0 saturated heterocycles. The van der Waals surface area contributed by atoms with Crippen molar-refractivity contribution in [3.63, 3.8) is 0 Å². The van der Waals surface area contributed by atoms with Gasteiger partial charge in [0.25, 0.3) is 0 Å². The molecule has 1 aliphatic carbocycles. The highest BCUT2D eigenvalue weighted by Crippen LogP contribution is 2.56. The van der Waals surface area contributed by atoms with Gasteiger partial charge in [0.1, 0.15) is 18.1 Å². The van der Waals surface area contributed by atoms with Crippen LogP contribution in [0.3, 0.4) is 0 Å². The Morgan fingerprint density at radius 3 is 1.52 bits per heavy atom. The zero-order valence-corrected chi connectivity index (χ0v) is 18.8. The van der Waals surface area contributed by atoms with E-state index >= 15 is 0 Å². The van der Waals surface area contributed by atoms with Crippen LogP contribution in [0, 0.1) is 0 Å². The molecule has 0 fully saturated rings. The minimum absolute atomic E-state index is 0.00110. The molecule has 4 aromatic carbocycles. The predicted octanol–water partition coefficient (Wildman–Crippen LogP) is 6.21. The summed E-state index contributed by atoms with van der Waals surface area (Å²) in [5.41, 5.74) is 7.02. The van der Waals surface area contributed by atoms with Gasteiger partial charge in [0.15, 0.2) is 0 Å². The molecule has 0 unspecified atom stereocenters. The molecule has 3 heteroatoms. The topological polar surface area (TPSA) is 38.7 Å². The maximum Gasteiger partial charge on any atom is 0.119 e. The number of aliphatic hydroxyl groups is 1. The van der Waals surface area contributed by atoms with E-state index in [0.717, 1.165) is 17.9 Å². The molecule has 0 heterocycles. The average molecular weight is 437 g/mol. The third-order valence-electron chi connectivity index (χ3n) is 6.36. The Hall–Kier alpha value is -3.56. The Balaban J connectivity index is 1.72. The molecule has 166 valence electrons. The summed E-state index contributed by atoms with van der Waals surface area (Å²) in [6.07, 6.45) is 0.983. The van der Waals surface area contributed by atoms with Gasteiger partial charge < -0.3 is 14.6 Å². The monoisotopic (exact) mass is 436 g/mol. The van der Waals surface area contributed by atoms with Crippen LogP contribution in [0.4, 0.5) is 0 Å². The number of hydrogen-bond donors (Lipinski definition) is 1. The summed E-state index contributed by atoms with van der Waals surface area (Å²) in [5, 5.41) is 9.10. The Morgan fingerprint density at radius 2 is 1.06 bits per heavy atom. The van der Waals surface area contributed by atoms with Gasteiger partial charge in [-0.2, -0.15) is 0 Å². The molecule has 0 amide bonds. The fraction of sp³-hybridized carbons (Fsp3) is 0.200. The van der Waals surface area contributed by atoms with E-state index in [9.17, 15) is 0 Å². The quantitative estimate of drug-likeness (QED) is 0.314.